The highest BCUT2D eigenvalue weighted by atomic mass is 79.9. The zero-order valence-corrected chi connectivity index (χ0v) is 17.2. The Morgan fingerprint density at radius 1 is 1.30 bits per heavy atom. The van der Waals surface area contributed by atoms with E-state index in [0.717, 1.165) is 20.3 Å². The molecule has 0 N–H and O–H groups in total. The highest BCUT2D eigenvalue weighted by molar-refractivity contribution is 9.10. The van der Waals surface area contributed by atoms with Crippen LogP contribution < -0.4 is 5.63 Å². The number of nitriles is 1. The number of fused-ring (bicyclic) bond motifs is 1. The van der Waals surface area contributed by atoms with E-state index in [9.17, 15) is 10.1 Å². The molecule has 132 valence electrons. The minimum Gasteiger partial charge on any atom is -0.422 e. The normalized spacial score (nSPS) is 11.7. The van der Waals surface area contributed by atoms with Gasteiger partial charge in [0.25, 0.3) is 0 Å². The second-order valence-electron chi connectivity index (χ2n) is 5.81. The van der Waals surface area contributed by atoms with Crippen molar-refractivity contribution in [3.8, 4) is 17.3 Å². The first-order chi connectivity index (χ1) is 13.0. The van der Waals surface area contributed by atoms with Crippen molar-refractivity contribution >= 4 is 61.2 Å². The van der Waals surface area contributed by atoms with Crippen molar-refractivity contribution in [3.63, 3.8) is 0 Å². The molecular formula is C20H11BrN2O2S2. The summed E-state index contributed by atoms with van der Waals surface area (Å²) in [6, 6.07) is 11.4. The zero-order chi connectivity index (χ0) is 19.0. The van der Waals surface area contributed by atoms with E-state index in [0.29, 0.717) is 27.4 Å². The summed E-state index contributed by atoms with van der Waals surface area (Å²) in [6.07, 6.45) is 1.84. The molecule has 0 unspecified atom stereocenters. The van der Waals surface area contributed by atoms with Gasteiger partial charge in [-0.25, -0.2) is 9.78 Å². The molecule has 3 heterocycles. The van der Waals surface area contributed by atoms with Crippen molar-refractivity contribution in [1.82, 2.24) is 4.98 Å². The topological polar surface area (TPSA) is 66.9 Å². The molecule has 0 radical (unpaired) electrons. The van der Waals surface area contributed by atoms with E-state index in [4.69, 9.17) is 4.42 Å². The monoisotopic (exact) mass is 454 g/mol. The molecule has 0 amide bonds. The summed E-state index contributed by atoms with van der Waals surface area (Å²) in [6.45, 7) is 2.00. The molecule has 0 atom stereocenters. The summed E-state index contributed by atoms with van der Waals surface area (Å²) in [7, 11) is 0. The third-order valence-corrected chi connectivity index (χ3v) is 6.34. The number of nitrogens with zero attached hydrogens (tertiary/aromatic N) is 2. The Kier molecular flexibility index (Phi) is 4.79. The molecule has 0 aliphatic rings. The van der Waals surface area contributed by atoms with Crippen LogP contribution in [0.2, 0.25) is 0 Å². The molecule has 0 spiro atoms. The fraction of sp³-hybridized carbons (Fsp3) is 0.0500. The first-order valence-electron chi connectivity index (χ1n) is 7.91. The highest BCUT2D eigenvalue weighted by Crippen LogP contribution is 2.29. The molecule has 0 fully saturated rings. The Morgan fingerprint density at radius 3 is 2.89 bits per heavy atom. The molecule has 7 heteroatoms. The molecule has 4 aromatic rings. The van der Waals surface area contributed by atoms with Gasteiger partial charge in [-0.1, -0.05) is 15.9 Å². The average Bonchev–Trinajstić information content (AvgIpc) is 3.29. The maximum absolute atomic E-state index is 12.4. The van der Waals surface area contributed by atoms with Crippen molar-refractivity contribution in [2.45, 2.75) is 6.92 Å². The van der Waals surface area contributed by atoms with Crippen LogP contribution in [0.15, 0.2) is 54.8 Å². The lowest BCUT2D eigenvalue weighted by atomic mass is 10.1. The Morgan fingerprint density at radius 2 is 2.15 bits per heavy atom. The third-order valence-electron chi connectivity index (χ3n) is 4.00. The Bertz CT molecular complexity index is 1290. The quantitative estimate of drug-likeness (QED) is 0.276. The van der Waals surface area contributed by atoms with Crippen LogP contribution in [-0.2, 0) is 0 Å². The van der Waals surface area contributed by atoms with E-state index in [-0.39, 0.29) is 0 Å². The summed E-state index contributed by atoms with van der Waals surface area (Å²) in [5.74, 6) is 0. The first-order valence-corrected chi connectivity index (χ1v) is 10.5. The van der Waals surface area contributed by atoms with Gasteiger partial charge in [0, 0.05) is 20.1 Å². The molecule has 0 saturated heterocycles. The number of aryl methyl sites for hydroxylation is 1. The molecular weight excluding hydrogens is 444 g/mol. The van der Waals surface area contributed by atoms with Gasteiger partial charge in [0.2, 0.25) is 0 Å². The predicted molar refractivity (Wildman–Crippen MR) is 114 cm³/mol. The standard InChI is InChI=1S/C20H11BrN2O2S2/c1-11-4-5-26-18(11)8-13(9-22)19-23-16(10-27-19)15-7-12-6-14(21)2-3-17(12)25-20(15)24/h2-8,10H,1H3/b13-8+. The van der Waals surface area contributed by atoms with Crippen molar-refractivity contribution in [2.24, 2.45) is 0 Å². The molecule has 3 aromatic heterocycles. The van der Waals surface area contributed by atoms with Gasteiger partial charge in [-0.2, -0.15) is 5.26 Å². The Balaban J connectivity index is 1.78. The molecule has 0 saturated carbocycles. The van der Waals surface area contributed by atoms with Gasteiger partial charge in [0.05, 0.1) is 16.8 Å². The van der Waals surface area contributed by atoms with Crippen LogP contribution in [0.3, 0.4) is 0 Å². The van der Waals surface area contributed by atoms with Gasteiger partial charge in [-0.15, -0.1) is 22.7 Å². The van der Waals surface area contributed by atoms with Gasteiger partial charge in [-0.05, 0) is 54.3 Å². The first kappa shape index (κ1) is 17.9. The van der Waals surface area contributed by atoms with Crippen molar-refractivity contribution in [1.29, 1.82) is 5.26 Å². The Labute approximate surface area is 171 Å². The molecule has 0 bridgehead atoms. The van der Waals surface area contributed by atoms with Crippen LogP contribution in [0.5, 0.6) is 0 Å². The van der Waals surface area contributed by atoms with E-state index < -0.39 is 5.63 Å². The number of allylic oxidation sites excluding steroid dienone is 1. The number of thiazole rings is 1. The molecule has 4 rings (SSSR count). The minimum absolute atomic E-state index is 0.382. The van der Waals surface area contributed by atoms with Gasteiger partial charge >= 0.3 is 5.63 Å². The van der Waals surface area contributed by atoms with Crippen LogP contribution in [0.25, 0.3) is 33.9 Å². The maximum Gasteiger partial charge on any atom is 0.345 e. The Hall–Kier alpha value is -2.53. The van der Waals surface area contributed by atoms with E-state index in [1.807, 2.05) is 36.6 Å². The molecule has 1 aromatic carbocycles. The molecule has 0 aliphatic carbocycles. The number of halogens is 1. The SMILES string of the molecule is Cc1ccsc1/C=C(\C#N)c1nc(-c2cc3cc(Br)ccc3oc2=O)cs1. The average molecular weight is 455 g/mol. The lowest BCUT2D eigenvalue weighted by Gasteiger charge is -2.00. The number of thiophene rings is 1. The van der Waals surface area contributed by atoms with Crippen LogP contribution in [-0.4, -0.2) is 4.98 Å². The lowest BCUT2D eigenvalue weighted by molar-refractivity contribution is 0.563. The fourth-order valence-corrected chi connectivity index (χ4v) is 4.62. The van der Waals surface area contributed by atoms with Gasteiger partial charge in [0.1, 0.15) is 16.7 Å². The zero-order valence-electron chi connectivity index (χ0n) is 14.0. The minimum atomic E-state index is -0.446. The number of hydrogen-bond acceptors (Lipinski definition) is 6. The van der Waals surface area contributed by atoms with Gasteiger partial charge in [0.15, 0.2) is 0 Å². The summed E-state index contributed by atoms with van der Waals surface area (Å²) >= 11 is 6.33. The summed E-state index contributed by atoms with van der Waals surface area (Å²) in [5, 5.41) is 14.7. The number of aromatic nitrogens is 1. The number of hydrogen-bond donors (Lipinski definition) is 0. The lowest BCUT2D eigenvalue weighted by Crippen LogP contribution is -2.02. The van der Waals surface area contributed by atoms with Gasteiger partial charge in [-0.3, -0.25) is 0 Å². The van der Waals surface area contributed by atoms with Gasteiger partial charge < -0.3 is 4.42 Å². The summed E-state index contributed by atoms with van der Waals surface area (Å²) < 4.78 is 6.31. The molecule has 27 heavy (non-hydrogen) atoms. The van der Waals surface area contributed by atoms with E-state index >= 15 is 0 Å². The van der Waals surface area contributed by atoms with E-state index in [2.05, 4.69) is 27.0 Å². The van der Waals surface area contributed by atoms with Crippen LogP contribution in [0, 0.1) is 18.3 Å². The van der Waals surface area contributed by atoms with Crippen molar-refractivity contribution in [2.75, 3.05) is 0 Å². The maximum atomic E-state index is 12.4. The summed E-state index contributed by atoms with van der Waals surface area (Å²) in [5.41, 5.74) is 2.56. The largest absolute Gasteiger partial charge is 0.422 e. The summed E-state index contributed by atoms with van der Waals surface area (Å²) in [4.78, 5) is 17.9. The fourth-order valence-electron chi connectivity index (χ4n) is 2.60. The van der Waals surface area contributed by atoms with Crippen LogP contribution in [0.4, 0.5) is 0 Å². The second-order valence-corrected chi connectivity index (χ2v) is 8.53. The van der Waals surface area contributed by atoms with E-state index in [1.165, 1.54) is 11.3 Å². The molecule has 4 nitrogen and oxygen atoms in total. The number of rotatable bonds is 3. The highest BCUT2D eigenvalue weighted by Gasteiger charge is 2.14. The van der Waals surface area contributed by atoms with E-state index in [1.54, 1.807) is 28.8 Å². The van der Waals surface area contributed by atoms with Crippen molar-refractivity contribution in [3.05, 3.63) is 71.4 Å². The second kappa shape index (κ2) is 7.24. The molecule has 0 aliphatic heterocycles. The number of benzene rings is 1. The van der Waals surface area contributed by atoms with Crippen LogP contribution in [0.1, 0.15) is 15.4 Å². The predicted octanol–water partition coefficient (Wildman–Crippen LogP) is 6.11. The van der Waals surface area contributed by atoms with Crippen molar-refractivity contribution < 1.29 is 4.42 Å². The third kappa shape index (κ3) is 3.52. The smallest absolute Gasteiger partial charge is 0.345 e. The van der Waals surface area contributed by atoms with Crippen LogP contribution >= 0.6 is 38.6 Å².